The molecule has 1 rings (SSSR count). The molecule has 1 atom stereocenters. The Kier molecular flexibility index (Phi) is 6.25. The number of hydrogen-bond donors (Lipinski definition) is 0. The van der Waals surface area contributed by atoms with Gasteiger partial charge in [0.15, 0.2) is 0 Å². The molecule has 0 heterocycles. The number of para-hydroxylation sites is 1. The van der Waals surface area contributed by atoms with Crippen molar-refractivity contribution in [3.8, 4) is 5.75 Å². The average molecular weight is 276 g/mol. The van der Waals surface area contributed by atoms with E-state index in [0.29, 0.717) is 0 Å². The van der Waals surface area contributed by atoms with E-state index in [4.69, 9.17) is 4.74 Å². The van der Waals surface area contributed by atoms with E-state index in [-0.39, 0.29) is 11.9 Å². The number of amides is 1. The smallest absolute Gasteiger partial charge is 0.246 e. The molecule has 1 aromatic carbocycles. The van der Waals surface area contributed by atoms with Crippen molar-refractivity contribution < 1.29 is 9.53 Å². The predicted molar refractivity (Wildman–Crippen MR) is 81.9 cm³/mol. The molecule has 0 spiro atoms. The van der Waals surface area contributed by atoms with E-state index in [9.17, 15) is 4.79 Å². The van der Waals surface area contributed by atoms with Crippen LogP contribution < -0.4 is 4.74 Å². The minimum Gasteiger partial charge on any atom is -0.496 e. The van der Waals surface area contributed by atoms with Crippen LogP contribution in [-0.2, 0) is 4.79 Å². The van der Waals surface area contributed by atoms with Crippen molar-refractivity contribution in [2.45, 2.75) is 13.0 Å². The van der Waals surface area contributed by atoms with Gasteiger partial charge in [-0.2, -0.15) is 0 Å². The first-order valence-corrected chi connectivity index (χ1v) is 6.68. The molecule has 0 N–H and O–H groups in total. The first-order chi connectivity index (χ1) is 9.47. The summed E-state index contributed by atoms with van der Waals surface area (Å²) in [7, 11) is 7.38. The van der Waals surface area contributed by atoms with Gasteiger partial charge >= 0.3 is 0 Å². The number of carbonyl (C=O) groups is 1. The number of benzene rings is 1. The van der Waals surface area contributed by atoms with Gasteiger partial charge < -0.3 is 14.5 Å². The highest BCUT2D eigenvalue weighted by Gasteiger charge is 2.18. The van der Waals surface area contributed by atoms with Crippen LogP contribution in [0.15, 0.2) is 36.4 Å². The normalized spacial score (nSPS) is 12.7. The van der Waals surface area contributed by atoms with Gasteiger partial charge in [0.2, 0.25) is 5.91 Å². The molecule has 4 heteroatoms. The van der Waals surface area contributed by atoms with Crippen LogP contribution in [0.2, 0.25) is 0 Å². The van der Waals surface area contributed by atoms with E-state index in [1.165, 1.54) is 0 Å². The molecule has 110 valence electrons. The molecular weight excluding hydrogens is 252 g/mol. The molecule has 20 heavy (non-hydrogen) atoms. The molecule has 0 bridgehead atoms. The standard InChI is InChI=1S/C16H24N2O2/c1-13(14-9-6-7-10-15(14)20-5)18(4)16(19)11-8-12-17(2)3/h6-11,13H,12H2,1-5H3/b11-8+/t13-/m1/s1. The van der Waals surface area contributed by atoms with Gasteiger partial charge in [0.05, 0.1) is 13.2 Å². The molecule has 0 fully saturated rings. The Hall–Kier alpha value is -1.81. The fraction of sp³-hybridized carbons (Fsp3) is 0.438. The lowest BCUT2D eigenvalue weighted by Crippen LogP contribution is -2.28. The highest BCUT2D eigenvalue weighted by Crippen LogP contribution is 2.28. The summed E-state index contributed by atoms with van der Waals surface area (Å²) < 4.78 is 5.35. The zero-order chi connectivity index (χ0) is 15.1. The van der Waals surface area contributed by atoms with Crippen LogP contribution >= 0.6 is 0 Å². The Morgan fingerprint density at radius 2 is 1.95 bits per heavy atom. The summed E-state index contributed by atoms with van der Waals surface area (Å²) in [6.07, 6.45) is 3.49. The third-order valence-corrected chi connectivity index (χ3v) is 3.25. The molecule has 0 aliphatic carbocycles. The van der Waals surface area contributed by atoms with Gasteiger partial charge in [-0.1, -0.05) is 24.3 Å². The Morgan fingerprint density at radius 3 is 2.55 bits per heavy atom. The third kappa shape index (κ3) is 4.38. The van der Waals surface area contributed by atoms with E-state index in [2.05, 4.69) is 0 Å². The van der Waals surface area contributed by atoms with Crippen LogP contribution in [0.1, 0.15) is 18.5 Å². The second-order valence-corrected chi connectivity index (χ2v) is 5.03. The number of likely N-dealkylation sites (N-methyl/N-ethyl adjacent to an activating group) is 2. The Morgan fingerprint density at radius 1 is 1.30 bits per heavy atom. The van der Waals surface area contributed by atoms with E-state index in [0.717, 1.165) is 17.9 Å². The fourth-order valence-electron chi connectivity index (χ4n) is 1.89. The van der Waals surface area contributed by atoms with Gasteiger partial charge in [-0.25, -0.2) is 0 Å². The van der Waals surface area contributed by atoms with Crippen LogP contribution in [0.25, 0.3) is 0 Å². The van der Waals surface area contributed by atoms with Crippen LogP contribution in [0.4, 0.5) is 0 Å². The molecule has 0 saturated carbocycles. The topological polar surface area (TPSA) is 32.8 Å². The van der Waals surface area contributed by atoms with Crippen molar-refractivity contribution >= 4 is 5.91 Å². The quantitative estimate of drug-likeness (QED) is 0.748. The number of methoxy groups -OCH3 is 1. The average Bonchev–Trinajstić information content (AvgIpc) is 2.45. The highest BCUT2D eigenvalue weighted by atomic mass is 16.5. The Balaban J connectivity index is 2.78. The summed E-state index contributed by atoms with van der Waals surface area (Å²) >= 11 is 0. The van der Waals surface area contributed by atoms with E-state index < -0.39 is 0 Å². The summed E-state index contributed by atoms with van der Waals surface area (Å²) in [5.74, 6) is 0.794. The van der Waals surface area contributed by atoms with E-state index in [1.54, 1.807) is 25.1 Å². The number of nitrogens with zero attached hydrogens (tertiary/aromatic N) is 2. The molecule has 0 radical (unpaired) electrons. The maximum Gasteiger partial charge on any atom is 0.246 e. The lowest BCUT2D eigenvalue weighted by atomic mass is 10.1. The molecule has 0 unspecified atom stereocenters. The number of carbonyl (C=O) groups excluding carboxylic acids is 1. The van der Waals surface area contributed by atoms with Crippen molar-refractivity contribution in [2.24, 2.45) is 0 Å². The zero-order valence-electron chi connectivity index (χ0n) is 13.0. The second-order valence-electron chi connectivity index (χ2n) is 5.03. The molecule has 0 aliphatic heterocycles. The number of rotatable bonds is 6. The van der Waals surface area contributed by atoms with E-state index >= 15 is 0 Å². The minimum atomic E-state index is -0.0392. The van der Waals surface area contributed by atoms with Crippen LogP contribution in [0.3, 0.4) is 0 Å². The number of ether oxygens (including phenoxy) is 1. The van der Waals surface area contributed by atoms with Crippen molar-refractivity contribution in [1.29, 1.82) is 0 Å². The van der Waals surface area contributed by atoms with Gasteiger partial charge in [0.1, 0.15) is 5.75 Å². The van der Waals surface area contributed by atoms with Crippen molar-refractivity contribution in [3.05, 3.63) is 42.0 Å². The molecular formula is C16H24N2O2. The molecule has 0 aromatic heterocycles. The monoisotopic (exact) mass is 276 g/mol. The van der Waals surface area contributed by atoms with Gasteiger partial charge in [-0.15, -0.1) is 0 Å². The zero-order valence-corrected chi connectivity index (χ0v) is 13.0. The molecule has 1 aromatic rings. The SMILES string of the molecule is COc1ccccc1[C@@H](C)N(C)C(=O)/C=C/CN(C)C. The highest BCUT2D eigenvalue weighted by molar-refractivity contribution is 5.87. The summed E-state index contributed by atoms with van der Waals surface area (Å²) in [6.45, 7) is 2.75. The second kappa shape index (κ2) is 7.70. The largest absolute Gasteiger partial charge is 0.496 e. The third-order valence-electron chi connectivity index (χ3n) is 3.25. The minimum absolute atomic E-state index is 0.00902. The summed E-state index contributed by atoms with van der Waals surface area (Å²) in [5, 5.41) is 0. The van der Waals surface area contributed by atoms with Crippen LogP contribution in [0, 0.1) is 0 Å². The van der Waals surface area contributed by atoms with Gasteiger partial charge in [-0.05, 0) is 27.1 Å². The van der Waals surface area contributed by atoms with Crippen molar-refractivity contribution in [3.63, 3.8) is 0 Å². The lowest BCUT2D eigenvalue weighted by Gasteiger charge is -2.25. The first kappa shape index (κ1) is 16.2. The Bertz CT molecular complexity index is 469. The van der Waals surface area contributed by atoms with Crippen LogP contribution in [-0.4, -0.2) is 50.5 Å². The lowest BCUT2D eigenvalue weighted by molar-refractivity contribution is -0.126. The molecule has 4 nitrogen and oxygen atoms in total. The molecule has 1 amide bonds. The fourth-order valence-corrected chi connectivity index (χ4v) is 1.89. The first-order valence-electron chi connectivity index (χ1n) is 6.68. The maximum atomic E-state index is 12.1. The molecule has 0 saturated heterocycles. The Labute approximate surface area is 121 Å². The maximum absolute atomic E-state index is 12.1. The van der Waals surface area contributed by atoms with Gasteiger partial charge in [-0.3, -0.25) is 4.79 Å². The molecule has 0 aliphatic rings. The summed E-state index contributed by atoms with van der Waals surface area (Å²) in [6, 6.07) is 7.73. The van der Waals surface area contributed by atoms with Crippen molar-refractivity contribution in [1.82, 2.24) is 9.80 Å². The summed E-state index contributed by atoms with van der Waals surface area (Å²) in [4.78, 5) is 15.8. The van der Waals surface area contributed by atoms with E-state index in [1.807, 2.05) is 56.3 Å². The number of hydrogen-bond acceptors (Lipinski definition) is 3. The van der Waals surface area contributed by atoms with Gasteiger partial charge in [0, 0.05) is 25.2 Å². The van der Waals surface area contributed by atoms with Crippen molar-refractivity contribution in [2.75, 3.05) is 34.8 Å². The van der Waals surface area contributed by atoms with Crippen LogP contribution in [0.5, 0.6) is 5.75 Å². The summed E-state index contributed by atoms with van der Waals surface area (Å²) in [5.41, 5.74) is 1.01. The predicted octanol–water partition coefficient (Wildman–Crippen LogP) is 2.33. The van der Waals surface area contributed by atoms with Gasteiger partial charge in [0.25, 0.3) is 0 Å².